The molecular formula is C19H16N5O2. The lowest BCUT2D eigenvalue weighted by Gasteiger charge is -2.05. The van der Waals surface area contributed by atoms with Gasteiger partial charge in [0.2, 0.25) is 0 Å². The van der Waals surface area contributed by atoms with Crippen LogP contribution in [0.2, 0.25) is 0 Å². The predicted molar refractivity (Wildman–Crippen MR) is 95.9 cm³/mol. The largest absolute Gasteiger partial charge is 0.497 e. The minimum atomic E-state index is -0.693. The highest BCUT2D eigenvalue weighted by Gasteiger charge is 2.16. The standard InChI is InChI=1S/C19H16N5O2/c1-12(25)18-15-5-3-4-6-17(15)24(23-18)19-21-10-13(11-22-19)16-9-14(26-2)7-8-20-16/h3,5-12,25H,1-2H3. The third-order valence-corrected chi connectivity index (χ3v) is 4.04. The van der Waals surface area contributed by atoms with Gasteiger partial charge in [0.15, 0.2) is 0 Å². The van der Waals surface area contributed by atoms with Crippen molar-refractivity contribution in [3.8, 4) is 23.0 Å². The van der Waals surface area contributed by atoms with E-state index in [1.54, 1.807) is 55.5 Å². The summed E-state index contributed by atoms with van der Waals surface area (Å²) in [5.41, 5.74) is 2.86. The molecule has 0 aliphatic carbocycles. The number of aromatic nitrogens is 5. The Labute approximate surface area is 149 Å². The maximum Gasteiger partial charge on any atom is 0.251 e. The Bertz CT molecular complexity index is 1060. The minimum absolute atomic E-state index is 0.410. The van der Waals surface area contributed by atoms with Crippen molar-refractivity contribution in [1.82, 2.24) is 24.7 Å². The van der Waals surface area contributed by atoms with Gasteiger partial charge in [-0.2, -0.15) is 9.78 Å². The molecule has 1 N–H and O–H groups in total. The fraction of sp³-hybridized carbons (Fsp3) is 0.158. The van der Waals surface area contributed by atoms with E-state index >= 15 is 0 Å². The van der Waals surface area contributed by atoms with Crippen molar-refractivity contribution in [3.63, 3.8) is 0 Å². The number of hydrogen-bond acceptors (Lipinski definition) is 6. The van der Waals surface area contributed by atoms with Crippen molar-refractivity contribution in [3.05, 3.63) is 60.7 Å². The molecule has 129 valence electrons. The van der Waals surface area contributed by atoms with E-state index in [1.165, 1.54) is 0 Å². The SMILES string of the molecule is COc1ccnc(-c2cnc(-n3nc(C(C)O)c4cc[c]cc43)nc2)c1. The van der Waals surface area contributed by atoms with Gasteiger partial charge in [-0.3, -0.25) is 4.98 Å². The number of benzene rings is 1. The Morgan fingerprint density at radius 1 is 1.19 bits per heavy atom. The van der Waals surface area contributed by atoms with E-state index in [1.807, 2.05) is 12.1 Å². The van der Waals surface area contributed by atoms with Crippen LogP contribution in [-0.2, 0) is 0 Å². The van der Waals surface area contributed by atoms with Gasteiger partial charge in [0.25, 0.3) is 5.95 Å². The van der Waals surface area contributed by atoms with Gasteiger partial charge in [-0.1, -0.05) is 12.1 Å². The summed E-state index contributed by atoms with van der Waals surface area (Å²) in [5.74, 6) is 1.13. The Balaban J connectivity index is 1.77. The van der Waals surface area contributed by atoms with Gasteiger partial charge in [-0.25, -0.2) is 9.97 Å². The third-order valence-electron chi connectivity index (χ3n) is 4.04. The smallest absolute Gasteiger partial charge is 0.251 e. The van der Waals surface area contributed by atoms with Crippen molar-refractivity contribution >= 4 is 10.9 Å². The van der Waals surface area contributed by atoms with Crippen molar-refractivity contribution in [2.24, 2.45) is 0 Å². The lowest BCUT2D eigenvalue weighted by atomic mass is 10.1. The molecule has 0 bridgehead atoms. The first-order chi connectivity index (χ1) is 12.7. The first-order valence-corrected chi connectivity index (χ1v) is 8.07. The van der Waals surface area contributed by atoms with Crippen LogP contribution < -0.4 is 4.74 Å². The fourth-order valence-corrected chi connectivity index (χ4v) is 2.75. The molecule has 7 nitrogen and oxygen atoms in total. The van der Waals surface area contributed by atoms with E-state index < -0.39 is 6.10 Å². The summed E-state index contributed by atoms with van der Waals surface area (Å²) >= 11 is 0. The summed E-state index contributed by atoms with van der Waals surface area (Å²) in [6.07, 6.45) is 4.35. The zero-order valence-electron chi connectivity index (χ0n) is 14.3. The van der Waals surface area contributed by atoms with Gasteiger partial charge in [-0.15, -0.1) is 0 Å². The number of methoxy groups -OCH3 is 1. The first kappa shape index (κ1) is 16.2. The second-order valence-electron chi connectivity index (χ2n) is 5.77. The molecule has 4 aromatic rings. The molecule has 1 unspecified atom stereocenters. The van der Waals surface area contributed by atoms with Crippen LogP contribution in [0.5, 0.6) is 5.75 Å². The molecule has 0 fully saturated rings. The van der Waals surface area contributed by atoms with Crippen LogP contribution in [0.25, 0.3) is 28.1 Å². The summed E-state index contributed by atoms with van der Waals surface area (Å²) < 4.78 is 6.83. The maximum atomic E-state index is 9.98. The van der Waals surface area contributed by atoms with Crippen LogP contribution in [0.3, 0.4) is 0 Å². The Morgan fingerprint density at radius 2 is 2.00 bits per heavy atom. The number of aliphatic hydroxyl groups excluding tert-OH is 1. The third kappa shape index (κ3) is 2.78. The number of aliphatic hydroxyl groups is 1. The molecule has 0 saturated carbocycles. The molecule has 1 atom stereocenters. The van der Waals surface area contributed by atoms with E-state index in [-0.39, 0.29) is 0 Å². The number of nitrogens with zero attached hydrogens (tertiary/aromatic N) is 5. The maximum absolute atomic E-state index is 9.98. The first-order valence-electron chi connectivity index (χ1n) is 8.07. The number of fused-ring (bicyclic) bond motifs is 1. The Kier molecular flexibility index (Phi) is 4.06. The summed E-state index contributed by atoms with van der Waals surface area (Å²) in [7, 11) is 1.61. The Hall–Kier alpha value is -3.32. The van der Waals surface area contributed by atoms with Crippen LogP contribution in [-0.4, -0.2) is 36.9 Å². The zero-order valence-corrected chi connectivity index (χ0v) is 14.3. The van der Waals surface area contributed by atoms with E-state index in [2.05, 4.69) is 26.1 Å². The molecule has 1 aromatic carbocycles. The predicted octanol–water partition coefficient (Wildman–Crippen LogP) is 2.74. The summed E-state index contributed by atoms with van der Waals surface area (Å²) in [4.78, 5) is 13.2. The van der Waals surface area contributed by atoms with Crippen LogP contribution >= 0.6 is 0 Å². The fourth-order valence-electron chi connectivity index (χ4n) is 2.75. The molecule has 1 radical (unpaired) electrons. The average molecular weight is 346 g/mol. The summed E-state index contributed by atoms with van der Waals surface area (Å²) in [5, 5.41) is 15.3. The Morgan fingerprint density at radius 3 is 2.73 bits per heavy atom. The zero-order chi connectivity index (χ0) is 18.1. The monoisotopic (exact) mass is 346 g/mol. The number of pyridine rings is 1. The highest BCUT2D eigenvalue weighted by atomic mass is 16.5. The molecule has 0 aliphatic heterocycles. The summed E-state index contributed by atoms with van der Waals surface area (Å²) in [6.45, 7) is 1.68. The van der Waals surface area contributed by atoms with Gasteiger partial charge in [0, 0.05) is 35.6 Å². The molecule has 3 aromatic heterocycles. The van der Waals surface area contributed by atoms with E-state index in [0.29, 0.717) is 17.4 Å². The van der Waals surface area contributed by atoms with Crippen LogP contribution in [0.15, 0.2) is 48.9 Å². The normalized spacial score (nSPS) is 12.3. The molecule has 0 amide bonds. The quantitative estimate of drug-likeness (QED) is 0.611. The molecule has 7 heteroatoms. The molecular weight excluding hydrogens is 330 g/mol. The van der Waals surface area contributed by atoms with Crippen LogP contribution in [0.1, 0.15) is 18.7 Å². The van der Waals surface area contributed by atoms with Crippen molar-refractivity contribution < 1.29 is 9.84 Å². The van der Waals surface area contributed by atoms with E-state index in [0.717, 1.165) is 22.2 Å². The van der Waals surface area contributed by atoms with Crippen LogP contribution in [0.4, 0.5) is 0 Å². The van der Waals surface area contributed by atoms with Gasteiger partial charge in [-0.05, 0) is 25.1 Å². The lowest BCUT2D eigenvalue weighted by Crippen LogP contribution is -2.04. The highest BCUT2D eigenvalue weighted by Crippen LogP contribution is 2.25. The van der Waals surface area contributed by atoms with E-state index in [9.17, 15) is 5.11 Å². The number of ether oxygens (including phenoxy) is 1. The molecule has 3 heterocycles. The van der Waals surface area contributed by atoms with Gasteiger partial charge in [0.1, 0.15) is 5.75 Å². The lowest BCUT2D eigenvalue weighted by molar-refractivity contribution is 0.195. The molecule has 0 saturated heterocycles. The van der Waals surface area contributed by atoms with Crippen molar-refractivity contribution in [2.45, 2.75) is 13.0 Å². The summed E-state index contributed by atoms with van der Waals surface area (Å²) in [6, 6.07) is 12.1. The molecule has 0 aliphatic rings. The second kappa shape index (κ2) is 6.53. The van der Waals surface area contributed by atoms with E-state index in [4.69, 9.17) is 4.74 Å². The number of hydrogen-bond donors (Lipinski definition) is 1. The van der Waals surface area contributed by atoms with Crippen molar-refractivity contribution in [2.75, 3.05) is 7.11 Å². The average Bonchev–Trinajstić information content (AvgIpc) is 3.08. The minimum Gasteiger partial charge on any atom is -0.497 e. The van der Waals surface area contributed by atoms with Gasteiger partial charge < -0.3 is 9.84 Å². The molecule has 26 heavy (non-hydrogen) atoms. The van der Waals surface area contributed by atoms with Gasteiger partial charge >= 0.3 is 0 Å². The van der Waals surface area contributed by atoms with Crippen LogP contribution in [0, 0.1) is 6.07 Å². The highest BCUT2D eigenvalue weighted by molar-refractivity contribution is 5.83. The topological polar surface area (TPSA) is 86.0 Å². The molecule has 4 rings (SSSR count). The van der Waals surface area contributed by atoms with Gasteiger partial charge in [0.05, 0.1) is 30.1 Å². The number of rotatable bonds is 4. The van der Waals surface area contributed by atoms with Crippen molar-refractivity contribution in [1.29, 1.82) is 0 Å². The second-order valence-corrected chi connectivity index (χ2v) is 5.77. The molecule has 0 spiro atoms.